The molecule has 1 heterocycles. The second kappa shape index (κ2) is 7.98. The van der Waals surface area contributed by atoms with Gasteiger partial charge in [-0.3, -0.25) is 10.1 Å². The molecule has 1 unspecified atom stereocenters. The Labute approximate surface area is 160 Å². The van der Waals surface area contributed by atoms with Crippen LogP contribution in [0.2, 0.25) is 0 Å². The van der Waals surface area contributed by atoms with Crippen molar-refractivity contribution in [2.45, 2.75) is 20.0 Å². The SMILES string of the molecule is Cc1sc(NC(=O)C(C)Oc2ccccc2C#N)nc1-c1ccc(F)cc1. The van der Waals surface area contributed by atoms with E-state index in [4.69, 9.17) is 10.00 Å². The summed E-state index contributed by atoms with van der Waals surface area (Å²) >= 11 is 1.33. The van der Waals surface area contributed by atoms with Crippen LogP contribution in [-0.2, 0) is 4.79 Å². The molecule has 27 heavy (non-hydrogen) atoms. The Morgan fingerprint density at radius 1 is 1.26 bits per heavy atom. The number of benzene rings is 2. The molecule has 5 nitrogen and oxygen atoms in total. The van der Waals surface area contributed by atoms with Gasteiger partial charge in [0.1, 0.15) is 17.6 Å². The lowest BCUT2D eigenvalue weighted by Gasteiger charge is -2.14. The highest BCUT2D eigenvalue weighted by Crippen LogP contribution is 2.30. The lowest BCUT2D eigenvalue weighted by molar-refractivity contribution is -0.122. The van der Waals surface area contributed by atoms with Crippen molar-refractivity contribution in [2.75, 3.05) is 5.32 Å². The first-order chi connectivity index (χ1) is 13.0. The first-order valence-corrected chi connectivity index (χ1v) is 8.99. The third kappa shape index (κ3) is 4.30. The van der Waals surface area contributed by atoms with Crippen LogP contribution in [-0.4, -0.2) is 17.0 Å². The number of nitrogens with zero attached hydrogens (tertiary/aromatic N) is 2. The van der Waals surface area contributed by atoms with E-state index in [2.05, 4.69) is 10.3 Å². The van der Waals surface area contributed by atoms with Crippen molar-refractivity contribution >= 4 is 22.4 Å². The van der Waals surface area contributed by atoms with Gasteiger partial charge in [-0.1, -0.05) is 12.1 Å². The van der Waals surface area contributed by atoms with Crippen LogP contribution < -0.4 is 10.1 Å². The Bertz CT molecular complexity index is 1010. The van der Waals surface area contributed by atoms with Crippen molar-refractivity contribution in [3.8, 4) is 23.1 Å². The predicted molar refractivity (Wildman–Crippen MR) is 102 cm³/mol. The number of aromatic nitrogens is 1. The number of halogens is 1. The maximum atomic E-state index is 13.1. The smallest absolute Gasteiger partial charge is 0.266 e. The fourth-order valence-corrected chi connectivity index (χ4v) is 3.28. The quantitative estimate of drug-likeness (QED) is 0.704. The Morgan fingerprint density at radius 3 is 2.67 bits per heavy atom. The number of thiazole rings is 1. The maximum Gasteiger partial charge on any atom is 0.266 e. The molecule has 0 aliphatic heterocycles. The number of ether oxygens (including phenoxy) is 1. The molecule has 1 aromatic heterocycles. The van der Waals surface area contributed by atoms with Gasteiger partial charge in [-0.05, 0) is 50.2 Å². The summed E-state index contributed by atoms with van der Waals surface area (Å²) in [5, 5.41) is 12.3. The lowest BCUT2D eigenvalue weighted by Crippen LogP contribution is -2.30. The molecule has 136 valence electrons. The average Bonchev–Trinajstić information content (AvgIpc) is 3.02. The number of para-hydroxylation sites is 1. The monoisotopic (exact) mass is 381 g/mol. The minimum Gasteiger partial charge on any atom is -0.480 e. The van der Waals surface area contributed by atoms with Crippen molar-refractivity contribution in [3.05, 3.63) is 64.8 Å². The van der Waals surface area contributed by atoms with Gasteiger partial charge in [0.2, 0.25) is 0 Å². The highest BCUT2D eigenvalue weighted by molar-refractivity contribution is 7.16. The van der Waals surface area contributed by atoms with Gasteiger partial charge in [0.05, 0.1) is 11.3 Å². The molecule has 1 atom stereocenters. The number of carbonyl (C=O) groups is 1. The molecule has 7 heteroatoms. The molecular formula is C20H16FN3O2S. The molecule has 1 N–H and O–H groups in total. The fraction of sp³-hybridized carbons (Fsp3) is 0.150. The topological polar surface area (TPSA) is 75.0 Å². The highest BCUT2D eigenvalue weighted by atomic mass is 32.1. The summed E-state index contributed by atoms with van der Waals surface area (Å²) in [6.45, 7) is 3.49. The number of anilines is 1. The summed E-state index contributed by atoms with van der Waals surface area (Å²) in [7, 11) is 0. The second-order valence-electron chi connectivity index (χ2n) is 5.79. The number of carbonyl (C=O) groups excluding carboxylic acids is 1. The number of hydrogen-bond donors (Lipinski definition) is 1. The Hall–Kier alpha value is -3.24. The van der Waals surface area contributed by atoms with E-state index >= 15 is 0 Å². The van der Waals surface area contributed by atoms with E-state index < -0.39 is 6.10 Å². The van der Waals surface area contributed by atoms with Gasteiger partial charge in [-0.25, -0.2) is 9.37 Å². The number of hydrogen-bond acceptors (Lipinski definition) is 5. The van der Waals surface area contributed by atoms with Crippen molar-refractivity contribution in [2.24, 2.45) is 0 Å². The van der Waals surface area contributed by atoms with E-state index in [0.29, 0.717) is 22.1 Å². The molecule has 3 rings (SSSR count). The molecule has 0 bridgehead atoms. The van der Waals surface area contributed by atoms with Gasteiger partial charge < -0.3 is 4.74 Å². The maximum absolute atomic E-state index is 13.1. The third-order valence-electron chi connectivity index (χ3n) is 3.82. The van der Waals surface area contributed by atoms with Crippen LogP contribution in [0, 0.1) is 24.1 Å². The van der Waals surface area contributed by atoms with Crippen LogP contribution in [0.1, 0.15) is 17.4 Å². The van der Waals surface area contributed by atoms with E-state index in [-0.39, 0.29) is 11.7 Å². The van der Waals surface area contributed by atoms with Crippen LogP contribution in [0.3, 0.4) is 0 Å². The first kappa shape index (κ1) is 18.5. The van der Waals surface area contributed by atoms with Crippen LogP contribution in [0.4, 0.5) is 9.52 Å². The van der Waals surface area contributed by atoms with Crippen LogP contribution in [0.25, 0.3) is 11.3 Å². The van der Waals surface area contributed by atoms with E-state index in [1.165, 1.54) is 23.5 Å². The van der Waals surface area contributed by atoms with Crippen molar-refractivity contribution < 1.29 is 13.9 Å². The average molecular weight is 381 g/mol. The molecule has 0 radical (unpaired) electrons. The Morgan fingerprint density at radius 2 is 1.96 bits per heavy atom. The molecule has 0 spiro atoms. The van der Waals surface area contributed by atoms with E-state index in [9.17, 15) is 9.18 Å². The standard InChI is InChI=1S/C20H16FN3O2S/c1-12(26-17-6-4-3-5-15(17)11-22)19(25)24-20-23-18(13(2)27-20)14-7-9-16(21)10-8-14/h3-10,12H,1-2H3,(H,23,24,25). The molecular weight excluding hydrogens is 365 g/mol. The van der Waals surface area contributed by atoms with Crippen molar-refractivity contribution in [1.29, 1.82) is 5.26 Å². The minimum atomic E-state index is -0.807. The summed E-state index contributed by atoms with van der Waals surface area (Å²) in [6, 6.07) is 14.8. The van der Waals surface area contributed by atoms with Gasteiger partial charge in [-0.2, -0.15) is 5.26 Å². The summed E-state index contributed by atoms with van der Waals surface area (Å²) in [5.41, 5.74) is 1.83. The fourth-order valence-electron chi connectivity index (χ4n) is 2.44. The molecule has 0 fully saturated rings. The van der Waals surface area contributed by atoms with Gasteiger partial charge in [0.25, 0.3) is 5.91 Å². The van der Waals surface area contributed by atoms with Crippen LogP contribution >= 0.6 is 11.3 Å². The predicted octanol–water partition coefficient (Wildman–Crippen LogP) is 4.54. The zero-order valence-corrected chi connectivity index (χ0v) is 15.5. The first-order valence-electron chi connectivity index (χ1n) is 8.18. The number of rotatable bonds is 5. The molecule has 2 aromatic carbocycles. The summed E-state index contributed by atoms with van der Waals surface area (Å²) < 4.78 is 18.7. The molecule has 0 aliphatic rings. The highest BCUT2D eigenvalue weighted by Gasteiger charge is 2.19. The zero-order valence-electron chi connectivity index (χ0n) is 14.7. The molecule has 0 saturated heterocycles. The van der Waals surface area contributed by atoms with Gasteiger partial charge >= 0.3 is 0 Å². The largest absolute Gasteiger partial charge is 0.480 e. The number of nitrogens with one attached hydrogen (secondary N) is 1. The second-order valence-corrected chi connectivity index (χ2v) is 6.99. The summed E-state index contributed by atoms with van der Waals surface area (Å²) in [5.74, 6) is -0.337. The van der Waals surface area contributed by atoms with Crippen LogP contribution in [0.5, 0.6) is 5.75 Å². The van der Waals surface area contributed by atoms with Gasteiger partial charge in [0, 0.05) is 10.4 Å². The zero-order chi connectivity index (χ0) is 19.4. The molecule has 3 aromatic rings. The molecule has 0 aliphatic carbocycles. The number of aryl methyl sites for hydroxylation is 1. The summed E-state index contributed by atoms with van der Waals surface area (Å²) in [4.78, 5) is 17.7. The van der Waals surface area contributed by atoms with Crippen molar-refractivity contribution in [3.63, 3.8) is 0 Å². The minimum absolute atomic E-state index is 0.316. The van der Waals surface area contributed by atoms with E-state index in [1.807, 2.05) is 13.0 Å². The number of amides is 1. The summed E-state index contributed by atoms with van der Waals surface area (Å²) in [6.07, 6.45) is -0.807. The van der Waals surface area contributed by atoms with E-state index in [1.54, 1.807) is 43.3 Å². The normalized spacial score (nSPS) is 11.5. The third-order valence-corrected chi connectivity index (χ3v) is 4.71. The number of nitriles is 1. The van der Waals surface area contributed by atoms with Crippen LogP contribution in [0.15, 0.2) is 48.5 Å². The molecule has 1 amide bonds. The van der Waals surface area contributed by atoms with Gasteiger partial charge in [0.15, 0.2) is 11.2 Å². The Balaban J connectivity index is 1.71. The lowest BCUT2D eigenvalue weighted by atomic mass is 10.1. The van der Waals surface area contributed by atoms with Gasteiger partial charge in [-0.15, -0.1) is 11.3 Å². The Kier molecular flexibility index (Phi) is 5.48. The van der Waals surface area contributed by atoms with Crippen molar-refractivity contribution in [1.82, 2.24) is 4.98 Å². The molecule has 0 saturated carbocycles. The van der Waals surface area contributed by atoms with E-state index in [0.717, 1.165) is 10.4 Å².